The molecule has 7 heteroatoms. The van der Waals surface area contributed by atoms with Crippen LogP contribution in [0.25, 0.3) is 11.1 Å². The Kier molecular flexibility index (Phi) is 4.73. The number of likely N-dealkylation sites (tertiary alicyclic amines) is 1. The van der Waals surface area contributed by atoms with Crippen molar-refractivity contribution in [2.75, 3.05) is 37.4 Å². The molecule has 1 amide bonds. The maximum absolute atomic E-state index is 12.6. The number of piperidine rings is 1. The number of anilines is 1. The molecule has 30 heavy (non-hydrogen) atoms. The van der Waals surface area contributed by atoms with Crippen LogP contribution in [0.3, 0.4) is 0 Å². The van der Waals surface area contributed by atoms with Crippen molar-refractivity contribution in [3.8, 4) is 16.9 Å². The van der Waals surface area contributed by atoms with Crippen LogP contribution >= 0.6 is 0 Å². The summed E-state index contributed by atoms with van der Waals surface area (Å²) in [4.78, 5) is 15.6. The van der Waals surface area contributed by atoms with Crippen LogP contribution in [0.15, 0.2) is 30.3 Å². The quantitative estimate of drug-likeness (QED) is 0.795. The lowest BCUT2D eigenvalue weighted by molar-refractivity contribution is 0.127. The number of hydrogen-bond donors (Lipinski definition) is 1. The second kappa shape index (κ2) is 7.30. The van der Waals surface area contributed by atoms with Crippen molar-refractivity contribution in [3.63, 3.8) is 0 Å². The Morgan fingerprint density at radius 2 is 2.07 bits per heavy atom. The number of nitrogens with zero attached hydrogens (tertiary/aromatic N) is 2. The van der Waals surface area contributed by atoms with Crippen LogP contribution in [-0.4, -0.2) is 58.8 Å². The van der Waals surface area contributed by atoms with Crippen molar-refractivity contribution in [3.05, 3.63) is 47.0 Å². The van der Waals surface area contributed by atoms with Crippen molar-refractivity contribution in [2.45, 2.75) is 31.1 Å². The van der Waals surface area contributed by atoms with E-state index in [0.717, 1.165) is 41.0 Å². The molecule has 2 aromatic carbocycles. The van der Waals surface area contributed by atoms with Gasteiger partial charge in [0, 0.05) is 53.8 Å². The van der Waals surface area contributed by atoms with Gasteiger partial charge < -0.3 is 19.6 Å². The number of hydrogen-bond acceptors (Lipinski definition) is 4. The van der Waals surface area contributed by atoms with Gasteiger partial charge >= 0.3 is 6.09 Å². The van der Waals surface area contributed by atoms with E-state index in [9.17, 15) is 14.1 Å². The molecule has 1 unspecified atom stereocenters. The minimum absolute atomic E-state index is 0.161. The third-order valence-corrected chi connectivity index (χ3v) is 8.04. The van der Waals surface area contributed by atoms with Crippen LogP contribution < -0.4 is 9.64 Å². The van der Waals surface area contributed by atoms with E-state index >= 15 is 0 Å². The standard InChI is InChI=1S/C23H26N2O4S/c1-14-9-17(29-2)3-4-18(14)15-10-16-13-30(28)8-7-25-21-5-6-24(23(26)27)12-20(21)19(11-15)22(16)25/h3-4,9-11,20-21H,5-8,12-13H2,1-2H3,(H,26,27)/t20-,21-,30?/m0/s1. The average molecular weight is 427 g/mol. The predicted octanol–water partition coefficient (Wildman–Crippen LogP) is 3.59. The number of ether oxygens (including phenoxy) is 1. The molecule has 0 aliphatic carbocycles. The summed E-state index contributed by atoms with van der Waals surface area (Å²) in [6.45, 7) is 3.94. The third-order valence-electron chi connectivity index (χ3n) is 6.77. The van der Waals surface area contributed by atoms with Gasteiger partial charge in [0.05, 0.1) is 12.9 Å². The van der Waals surface area contributed by atoms with Crippen LogP contribution in [0.5, 0.6) is 5.75 Å². The lowest BCUT2D eigenvalue weighted by Gasteiger charge is -2.37. The minimum Gasteiger partial charge on any atom is -0.497 e. The van der Waals surface area contributed by atoms with Gasteiger partial charge in [0.2, 0.25) is 0 Å². The van der Waals surface area contributed by atoms with Crippen molar-refractivity contribution in [1.29, 1.82) is 0 Å². The van der Waals surface area contributed by atoms with Gasteiger partial charge in [0.1, 0.15) is 5.75 Å². The van der Waals surface area contributed by atoms with Crippen molar-refractivity contribution >= 4 is 22.6 Å². The van der Waals surface area contributed by atoms with Crippen LogP contribution in [0, 0.1) is 6.92 Å². The first-order valence-corrected chi connectivity index (χ1v) is 11.9. The topological polar surface area (TPSA) is 70.1 Å². The number of aryl methyl sites for hydroxylation is 1. The van der Waals surface area contributed by atoms with E-state index in [1.54, 1.807) is 12.0 Å². The molecule has 1 saturated heterocycles. The highest BCUT2D eigenvalue weighted by Gasteiger charge is 2.45. The maximum Gasteiger partial charge on any atom is 0.407 e. The van der Waals surface area contributed by atoms with Crippen LogP contribution in [-0.2, 0) is 16.6 Å². The number of fused-ring (bicyclic) bond motifs is 3. The first-order valence-electron chi connectivity index (χ1n) is 10.4. The molecule has 0 aromatic heterocycles. The fourth-order valence-corrected chi connectivity index (χ4v) is 6.50. The highest BCUT2D eigenvalue weighted by Crippen LogP contribution is 2.49. The Morgan fingerprint density at radius 3 is 2.80 bits per heavy atom. The van der Waals surface area contributed by atoms with Crippen LogP contribution in [0.1, 0.15) is 29.0 Å². The van der Waals surface area contributed by atoms with E-state index in [4.69, 9.17) is 4.74 Å². The molecular weight excluding hydrogens is 400 g/mol. The van der Waals surface area contributed by atoms with Gasteiger partial charge in [-0.1, -0.05) is 6.07 Å². The van der Waals surface area contributed by atoms with E-state index in [2.05, 4.69) is 30.0 Å². The Bertz CT molecular complexity index is 1050. The molecule has 1 fully saturated rings. The van der Waals surface area contributed by atoms with Crippen molar-refractivity contribution in [2.24, 2.45) is 0 Å². The zero-order valence-corrected chi connectivity index (χ0v) is 18.1. The van der Waals surface area contributed by atoms with Gasteiger partial charge in [-0.25, -0.2) is 4.79 Å². The fourth-order valence-electron chi connectivity index (χ4n) is 5.39. The zero-order chi connectivity index (χ0) is 21.0. The molecule has 158 valence electrons. The molecule has 3 atom stereocenters. The van der Waals surface area contributed by atoms with Crippen molar-refractivity contribution in [1.82, 2.24) is 4.90 Å². The van der Waals surface area contributed by atoms with Gasteiger partial charge in [-0.15, -0.1) is 0 Å². The number of carboxylic acid groups (broad SMARTS) is 1. The summed E-state index contributed by atoms with van der Waals surface area (Å²) in [5.41, 5.74) is 6.91. The summed E-state index contributed by atoms with van der Waals surface area (Å²) >= 11 is 0. The highest BCUT2D eigenvalue weighted by molar-refractivity contribution is 7.84. The molecule has 6 nitrogen and oxygen atoms in total. The van der Waals surface area contributed by atoms with Gasteiger partial charge in [-0.2, -0.15) is 0 Å². The van der Waals surface area contributed by atoms with Gasteiger partial charge in [0.15, 0.2) is 0 Å². The maximum atomic E-state index is 12.6. The molecular formula is C23H26N2O4S. The summed E-state index contributed by atoms with van der Waals surface area (Å²) in [6, 6.07) is 10.8. The molecule has 3 aliphatic heterocycles. The smallest absolute Gasteiger partial charge is 0.407 e. The monoisotopic (exact) mass is 426 g/mol. The molecule has 1 N–H and O–H groups in total. The molecule has 0 bridgehead atoms. The van der Waals surface area contributed by atoms with Gasteiger partial charge in [0.25, 0.3) is 0 Å². The summed E-state index contributed by atoms with van der Waals surface area (Å²) in [5, 5.41) is 9.55. The Hall–Kier alpha value is -2.54. The Labute approximate surface area is 178 Å². The van der Waals surface area contributed by atoms with Crippen LogP contribution in [0.2, 0.25) is 0 Å². The summed E-state index contributed by atoms with van der Waals surface area (Å²) in [7, 11) is 0.784. The van der Waals surface area contributed by atoms with E-state index < -0.39 is 16.9 Å². The number of carbonyl (C=O) groups is 1. The first kappa shape index (κ1) is 19.4. The summed E-state index contributed by atoms with van der Waals surface area (Å²) in [6.07, 6.45) is -0.0294. The normalized spacial score (nSPS) is 24.8. The number of methoxy groups -OCH3 is 1. The molecule has 3 heterocycles. The van der Waals surface area contributed by atoms with Crippen molar-refractivity contribution < 1.29 is 18.8 Å². The summed E-state index contributed by atoms with van der Waals surface area (Å²) in [5.74, 6) is 2.21. The third kappa shape index (κ3) is 3.07. The zero-order valence-electron chi connectivity index (χ0n) is 17.3. The fraction of sp³-hybridized carbons (Fsp3) is 0.435. The van der Waals surface area contributed by atoms with Gasteiger partial charge in [-0.3, -0.25) is 4.21 Å². The molecule has 0 spiro atoms. The average Bonchev–Trinajstić information content (AvgIpc) is 2.94. The Balaban J connectivity index is 1.65. The lowest BCUT2D eigenvalue weighted by atomic mass is 9.86. The number of rotatable bonds is 2. The number of amides is 1. The summed E-state index contributed by atoms with van der Waals surface area (Å²) < 4.78 is 18.0. The molecule has 0 saturated carbocycles. The second-order valence-corrected chi connectivity index (χ2v) is 10.0. The van der Waals surface area contributed by atoms with Crippen LogP contribution in [0.4, 0.5) is 10.5 Å². The number of benzene rings is 2. The van der Waals surface area contributed by atoms with Gasteiger partial charge in [-0.05, 0) is 65.4 Å². The molecule has 2 aromatic rings. The largest absolute Gasteiger partial charge is 0.497 e. The Morgan fingerprint density at radius 1 is 1.23 bits per heavy atom. The molecule has 5 rings (SSSR count). The van der Waals surface area contributed by atoms with E-state index in [1.807, 2.05) is 12.1 Å². The first-order chi connectivity index (χ1) is 14.5. The molecule has 3 aliphatic rings. The van der Waals surface area contributed by atoms with E-state index in [0.29, 0.717) is 24.6 Å². The SMILES string of the molecule is COc1ccc(-c2cc3c4c(c2)[C@@H]2CN(C(=O)O)CC[C@@H]2N4CCS(=O)C3)c(C)c1. The molecule has 0 radical (unpaired) electrons. The second-order valence-electron chi connectivity index (χ2n) is 8.43. The lowest BCUT2D eigenvalue weighted by Crippen LogP contribution is -2.48. The van der Waals surface area contributed by atoms with E-state index in [1.165, 1.54) is 11.3 Å². The minimum atomic E-state index is -0.882. The predicted molar refractivity (Wildman–Crippen MR) is 118 cm³/mol. The van der Waals surface area contributed by atoms with E-state index in [-0.39, 0.29) is 12.0 Å². The highest BCUT2D eigenvalue weighted by atomic mass is 32.2.